The van der Waals surface area contributed by atoms with Crippen molar-refractivity contribution in [3.8, 4) is 11.3 Å². The molecule has 35 heavy (non-hydrogen) atoms. The van der Waals surface area contributed by atoms with Gasteiger partial charge in [0.2, 0.25) is 0 Å². The quantitative estimate of drug-likeness (QED) is 0.382. The highest BCUT2D eigenvalue weighted by Gasteiger charge is 2.23. The fourth-order valence-corrected chi connectivity index (χ4v) is 4.73. The molecule has 182 valence electrons. The number of ether oxygens (including phenoxy) is 1. The van der Waals surface area contributed by atoms with Crippen molar-refractivity contribution in [3.05, 3.63) is 66.5 Å². The molecule has 8 nitrogen and oxygen atoms in total. The van der Waals surface area contributed by atoms with Crippen molar-refractivity contribution < 1.29 is 9.53 Å². The number of halogens is 1. The normalized spacial score (nSPS) is 17.6. The van der Waals surface area contributed by atoms with E-state index in [1.807, 2.05) is 30.3 Å². The minimum atomic E-state index is -0.383. The van der Waals surface area contributed by atoms with E-state index in [4.69, 9.17) is 9.72 Å². The fraction of sp³-hybridized carbons (Fsp3) is 0.308. The van der Waals surface area contributed by atoms with Crippen LogP contribution in [0.15, 0.2) is 60.9 Å². The van der Waals surface area contributed by atoms with Crippen molar-refractivity contribution in [2.75, 3.05) is 30.4 Å². The van der Waals surface area contributed by atoms with Gasteiger partial charge in [-0.05, 0) is 48.6 Å². The average molecular weight is 493 g/mol. The van der Waals surface area contributed by atoms with Crippen LogP contribution >= 0.6 is 12.4 Å². The Morgan fingerprint density at radius 1 is 1.09 bits per heavy atom. The largest absolute Gasteiger partial charge is 0.465 e. The molecular weight excluding hydrogens is 464 g/mol. The zero-order valence-corrected chi connectivity index (χ0v) is 20.8. The van der Waals surface area contributed by atoms with Gasteiger partial charge in [-0.3, -0.25) is 0 Å². The Balaban J connectivity index is 0.00000289. The lowest BCUT2D eigenvalue weighted by Crippen LogP contribution is -2.39. The maximum Gasteiger partial charge on any atom is 0.337 e. The first kappa shape index (κ1) is 24.5. The Morgan fingerprint density at radius 3 is 2.63 bits per heavy atom. The third-order valence-corrected chi connectivity index (χ3v) is 6.13. The SMILES string of the molecule is COC(=O)c1cccc(-c2cc(Nc3cccc(N4CC(C)CC(C)C4)n3)c3nccn3n2)c1.Cl. The molecule has 3 aromatic heterocycles. The zero-order valence-electron chi connectivity index (χ0n) is 20.0. The Labute approximate surface area is 210 Å². The van der Waals surface area contributed by atoms with Crippen LogP contribution in [-0.4, -0.2) is 45.8 Å². The van der Waals surface area contributed by atoms with Gasteiger partial charge in [-0.1, -0.05) is 32.0 Å². The van der Waals surface area contributed by atoms with Crippen LogP contribution in [0.3, 0.4) is 0 Å². The van der Waals surface area contributed by atoms with E-state index in [-0.39, 0.29) is 18.4 Å². The lowest BCUT2D eigenvalue weighted by Gasteiger charge is -2.35. The van der Waals surface area contributed by atoms with Crippen LogP contribution < -0.4 is 10.2 Å². The van der Waals surface area contributed by atoms with Gasteiger partial charge in [0, 0.05) is 31.0 Å². The number of fused-ring (bicyclic) bond motifs is 1. The predicted molar refractivity (Wildman–Crippen MR) is 140 cm³/mol. The Bertz CT molecular complexity index is 1330. The number of esters is 1. The summed E-state index contributed by atoms with van der Waals surface area (Å²) in [6, 6.07) is 15.2. The van der Waals surface area contributed by atoms with E-state index in [0.717, 1.165) is 36.0 Å². The number of hydrogen-bond acceptors (Lipinski definition) is 7. The molecule has 0 amide bonds. The maximum atomic E-state index is 12.0. The molecule has 4 heterocycles. The fourth-order valence-electron chi connectivity index (χ4n) is 4.73. The summed E-state index contributed by atoms with van der Waals surface area (Å²) in [4.78, 5) is 23.7. The van der Waals surface area contributed by atoms with E-state index in [1.54, 1.807) is 29.0 Å². The molecule has 0 radical (unpaired) electrons. The standard InChI is InChI=1S/C26H28N6O2.ClH/c1-17-12-18(2)16-31(15-17)24-9-5-8-23(29-24)28-22-14-21(30-32-11-10-27-25(22)32)19-6-4-7-20(13-19)26(33)34-3;/h4-11,13-14,17-18H,12,15-16H2,1-3H3,(H,28,29);1H. The minimum Gasteiger partial charge on any atom is -0.465 e. The van der Waals surface area contributed by atoms with Gasteiger partial charge in [0.25, 0.3) is 0 Å². The van der Waals surface area contributed by atoms with E-state index >= 15 is 0 Å². The molecule has 0 saturated carbocycles. The van der Waals surface area contributed by atoms with Crippen molar-refractivity contribution in [2.24, 2.45) is 11.8 Å². The lowest BCUT2D eigenvalue weighted by atomic mass is 9.92. The van der Waals surface area contributed by atoms with E-state index in [9.17, 15) is 4.79 Å². The highest BCUT2D eigenvalue weighted by molar-refractivity contribution is 5.91. The summed E-state index contributed by atoms with van der Waals surface area (Å²) in [5.41, 5.74) is 3.46. The summed E-state index contributed by atoms with van der Waals surface area (Å²) >= 11 is 0. The molecule has 4 aromatic rings. The topological polar surface area (TPSA) is 84.6 Å². The number of imidazole rings is 1. The molecule has 0 bridgehead atoms. The number of carbonyl (C=O) groups is 1. The highest BCUT2D eigenvalue weighted by atomic mass is 35.5. The first-order valence-corrected chi connectivity index (χ1v) is 11.5. The first-order valence-electron chi connectivity index (χ1n) is 11.5. The van der Waals surface area contributed by atoms with Crippen molar-refractivity contribution in [1.82, 2.24) is 19.6 Å². The first-order chi connectivity index (χ1) is 16.5. The molecule has 1 saturated heterocycles. The summed E-state index contributed by atoms with van der Waals surface area (Å²) in [7, 11) is 1.37. The number of pyridine rings is 1. The molecule has 9 heteroatoms. The van der Waals surface area contributed by atoms with Gasteiger partial charge in [-0.2, -0.15) is 5.10 Å². The van der Waals surface area contributed by atoms with Crippen LogP contribution in [0.2, 0.25) is 0 Å². The molecule has 1 fully saturated rings. The van der Waals surface area contributed by atoms with Gasteiger partial charge in [0.1, 0.15) is 11.6 Å². The van der Waals surface area contributed by atoms with E-state index in [1.165, 1.54) is 13.5 Å². The van der Waals surface area contributed by atoms with Crippen LogP contribution in [0.4, 0.5) is 17.3 Å². The van der Waals surface area contributed by atoms with Crippen molar-refractivity contribution >= 4 is 41.3 Å². The summed E-state index contributed by atoms with van der Waals surface area (Å²) in [6.45, 7) is 6.63. The monoisotopic (exact) mass is 492 g/mol. The molecule has 5 rings (SSSR count). The molecule has 1 aliphatic rings. The van der Waals surface area contributed by atoms with Gasteiger partial charge in [-0.25, -0.2) is 19.3 Å². The van der Waals surface area contributed by atoms with Crippen LogP contribution in [0.5, 0.6) is 0 Å². The lowest BCUT2D eigenvalue weighted by molar-refractivity contribution is 0.0601. The summed E-state index contributed by atoms with van der Waals surface area (Å²) in [5, 5.41) is 8.12. The maximum absolute atomic E-state index is 12.0. The molecule has 1 aromatic carbocycles. The van der Waals surface area contributed by atoms with Gasteiger partial charge >= 0.3 is 5.97 Å². The van der Waals surface area contributed by atoms with Gasteiger partial charge < -0.3 is 15.0 Å². The Kier molecular flexibility index (Phi) is 7.21. The number of methoxy groups -OCH3 is 1. The Morgan fingerprint density at radius 2 is 1.86 bits per heavy atom. The molecule has 0 aliphatic carbocycles. The number of piperidine rings is 1. The zero-order chi connectivity index (χ0) is 23.7. The second kappa shape index (κ2) is 10.3. The molecule has 0 spiro atoms. The van der Waals surface area contributed by atoms with Gasteiger partial charge in [0.15, 0.2) is 5.65 Å². The third kappa shape index (κ3) is 5.22. The van der Waals surface area contributed by atoms with Crippen molar-refractivity contribution in [1.29, 1.82) is 0 Å². The second-order valence-corrected chi connectivity index (χ2v) is 9.07. The van der Waals surface area contributed by atoms with Crippen molar-refractivity contribution in [2.45, 2.75) is 20.3 Å². The summed E-state index contributed by atoms with van der Waals surface area (Å²) in [5.74, 6) is 2.63. The van der Waals surface area contributed by atoms with Crippen molar-refractivity contribution in [3.63, 3.8) is 0 Å². The highest BCUT2D eigenvalue weighted by Crippen LogP contribution is 2.29. The number of anilines is 3. The molecular formula is C26H29ClN6O2. The van der Waals surface area contributed by atoms with Gasteiger partial charge in [0.05, 0.1) is 24.1 Å². The van der Waals surface area contributed by atoms with Gasteiger partial charge in [-0.15, -0.1) is 12.4 Å². The number of aromatic nitrogens is 4. The molecule has 1 N–H and O–H groups in total. The molecule has 2 atom stereocenters. The Hall–Kier alpha value is -3.65. The predicted octanol–water partition coefficient (Wildman–Crippen LogP) is 5.23. The van der Waals surface area contributed by atoms with Crippen LogP contribution in [0, 0.1) is 11.8 Å². The van der Waals surface area contributed by atoms with Crippen LogP contribution in [-0.2, 0) is 4.74 Å². The minimum absolute atomic E-state index is 0. The van der Waals surface area contributed by atoms with Crippen LogP contribution in [0.25, 0.3) is 16.9 Å². The number of nitrogens with one attached hydrogen (secondary N) is 1. The smallest absolute Gasteiger partial charge is 0.337 e. The number of carbonyl (C=O) groups excluding carboxylic acids is 1. The number of rotatable bonds is 5. The molecule has 1 aliphatic heterocycles. The number of nitrogens with zero attached hydrogens (tertiary/aromatic N) is 5. The van der Waals surface area contributed by atoms with Crippen LogP contribution in [0.1, 0.15) is 30.6 Å². The third-order valence-electron chi connectivity index (χ3n) is 6.13. The second-order valence-electron chi connectivity index (χ2n) is 9.07. The molecule has 2 unspecified atom stereocenters. The van der Waals surface area contributed by atoms with E-state index in [2.05, 4.69) is 40.2 Å². The average Bonchev–Trinajstić information content (AvgIpc) is 3.32. The van der Waals surface area contributed by atoms with E-state index in [0.29, 0.717) is 28.7 Å². The number of benzene rings is 1. The summed E-state index contributed by atoms with van der Waals surface area (Å²) in [6.07, 6.45) is 4.76. The number of hydrogen-bond donors (Lipinski definition) is 1. The van der Waals surface area contributed by atoms with E-state index < -0.39 is 0 Å². The summed E-state index contributed by atoms with van der Waals surface area (Å²) < 4.78 is 6.59.